The van der Waals surface area contributed by atoms with Crippen LogP contribution in [0.5, 0.6) is 0 Å². The van der Waals surface area contributed by atoms with Crippen LogP contribution < -0.4 is 10.2 Å². The van der Waals surface area contributed by atoms with Crippen molar-refractivity contribution in [1.82, 2.24) is 5.32 Å². The van der Waals surface area contributed by atoms with Gasteiger partial charge in [0, 0.05) is 38.3 Å². The third-order valence-electron chi connectivity index (χ3n) is 5.24. The van der Waals surface area contributed by atoms with Gasteiger partial charge in [-0.1, -0.05) is 19.1 Å². The minimum absolute atomic E-state index is 0.206. The van der Waals surface area contributed by atoms with Crippen LogP contribution in [0.25, 0.3) is 0 Å². The van der Waals surface area contributed by atoms with E-state index in [4.69, 9.17) is 4.42 Å². The van der Waals surface area contributed by atoms with Gasteiger partial charge in [-0.05, 0) is 55.5 Å². The molecule has 25 heavy (non-hydrogen) atoms. The molecule has 0 amide bonds. The molecule has 1 atom stereocenters. The number of rotatable bonds is 7. The molecule has 0 spiro atoms. The summed E-state index contributed by atoms with van der Waals surface area (Å²) in [6.07, 6.45) is 3.10. The van der Waals surface area contributed by atoms with Gasteiger partial charge in [0.05, 0.1) is 6.04 Å². The van der Waals surface area contributed by atoms with Gasteiger partial charge in [-0.3, -0.25) is 0 Å². The fourth-order valence-electron chi connectivity index (χ4n) is 3.39. The van der Waals surface area contributed by atoms with Crippen molar-refractivity contribution in [3.05, 3.63) is 53.5 Å². The molecule has 2 aromatic rings. The number of nitrogens with one attached hydrogen (secondary N) is 1. The van der Waals surface area contributed by atoms with Crippen LogP contribution >= 0.6 is 0 Å². The van der Waals surface area contributed by atoms with Gasteiger partial charge >= 0.3 is 0 Å². The van der Waals surface area contributed by atoms with Crippen LogP contribution in [-0.2, 0) is 13.0 Å². The Labute approximate surface area is 150 Å². The molecule has 3 rings (SSSR count). The van der Waals surface area contributed by atoms with Crippen LogP contribution in [0.3, 0.4) is 0 Å². The summed E-state index contributed by atoms with van der Waals surface area (Å²) < 4.78 is 5.81. The van der Waals surface area contributed by atoms with Crippen LogP contribution in [0.2, 0.25) is 0 Å². The van der Waals surface area contributed by atoms with E-state index >= 15 is 0 Å². The number of furan rings is 1. The summed E-state index contributed by atoms with van der Waals surface area (Å²) >= 11 is 0. The number of hydrogen-bond acceptors (Lipinski definition) is 4. The fraction of sp³-hybridized carbons (Fsp3) is 0.524. The van der Waals surface area contributed by atoms with Gasteiger partial charge in [0.25, 0.3) is 0 Å². The highest BCUT2D eigenvalue weighted by Gasteiger charge is 2.18. The van der Waals surface area contributed by atoms with Crippen LogP contribution in [0.4, 0.5) is 5.69 Å². The van der Waals surface area contributed by atoms with E-state index in [1.807, 2.05) is 0 Å². The molecule has 4 nitrogen and oxygen atoms in total. The predicted molar refractivity (Wildman–Crippen MR) is 102 cm³/mol. The molecule has 1 saturated heterocycles. The van der Waals surface area contributed by atoms with Crippen molar-refractivity contribution in [2.45, 2.75) is 45.7 Å². The van der Waals surface area contributed by atoms with E-state index in [2.05, 4.69) is 60.5 Å². The summed E-state index contributed by atoms with van der Waals surface area (Å²) in [5, 5.41) is 12.8. The largest absolute Gasteiger partial charge is 0.464 e. The number of aliphatic hydroxyl groups is 1. The molecule has 0 saturated carbocycles. The van der Waals surface area contributed by atoms with Gasteiger partial charge in [-0.25, -0.2) is 0 Å². The highest BCUT2D eigenvalue weighted by Crippen LogP contribution is 2.23. The Morgan fingerprint density at radius 1 is 1.16 bits per heavy atom. The Bertz CT molecular complexity index is 642. The number of aliphatic hydroxyl groups excluding tert-OH is 1. The smallest absolute Gasteiger partial charge is 0.120 e. The first-order valence-corrected chi connectivity index (χ1v) is 9.46. The number of benzene rings is 1. The summed E-state index contributed by atoms with van der Waals surface area (Å²) in [4.78, 5) is 2.42. The quantitative estimate of drug-likeness (QED) is 0.801. The second kappa shape index (κ2) is 8.54. The number of anilines is 1. The predicted octanol–water partition coefficient (Wildman–Crippen LogP) is 3.90. The number of nitrogens with zero attached hydrogens (tertiary/aromatic N) is 1. The lowest BCUT2D eigenvalue weighted by Gasteiger charge is -2.33. The lowest BCUT2D eigenvalue weighted by atomic mass is 9.97. The summed E-state index contributed by atoms with van der Waals surface area (Å²) in [7, 11) is 0. The van der Waals surface area contributed by atoms with Crippen molar-refractivity contribution in [3.8, 4) is 0 Å². The molecule has 0 aliphatic carbocycles. The van der Waals surface area contributed by atoms with E-state index < -0.39 is 0 Å². The first-order valence-electron chi connectivity index (χ1n) is 9.46. The molecular weight excluding hydrogens is 312 g/mol. The highest BCUT2D eigenvalue weighted by molar-refractivity contribution is 5.48. The molecular formula is C21H30N2O2. The third-order valence-corrected chi connectivity index (χ3v) is 5.24. The fourth-order valence-corrected chi connectivity index (χ4v) is 3.39. The lowest BCUT2D eigenvalue weighted by Crippen LogP contribution is -2.34. The third kappa shape index (κ3) is 4.65. The first-order chi connectivity index (χ1) is 12.2. The minimum atomic E-state index is 0.206. The highest BCUT2D eigenvalue weighted by atomic mass is 16.3. The second-order valence-electron chi connectivity index (χ2n) is 7.04. The topological polar surface area (TPSA) is 48.6 Å². The minimum Gasteiger partial charge on any atom is -0.464 e. The first kappa shape index (κ1) is 18.0. The molecule has 1 aliphatic heterocycles. The molecule has 1 aromatic carbocycles. The maximum absolute atomic E-state index is 9.25. The summed E-state index contributed by atoms with van der Waals surface area (Å²) in [5.74, 6) is 2.52. The zero-order chi connectivity index (χ0) is 17.6. The lowest BCUT2D eigenvalue weighted by molar-refractivity contribution is 0.203. The standard InChI is InChI=1S/C21H30N2O2/c1-3-20-8-9-21(25-20)16(2)22-14-17-4-6-19(7-5-17)23-12-10-18(15-24)11-13-23/h4-9,16,18,22,24H,3,10-15H2,1-2H3. The van der Waals surface area contributed by atoms with Gasteiger partial charge in [0.2, 0.25) is 0 Å². The molecule has 2 N–H and O–H groups in total. The molecule has 1 unspecified atom stereocenters. The monoisotopic (exact) mass is 342 g/mol. The van der Waals surface area contributed by atoms with Crippen LogP contribution in [-0.4, -0.2) is 24.8 Å². The van der Waals surface area contributed by atoms with Crippen LogP contribution in [0.15, 0.2) is 40.8 Å². The van der Waals surface area contributed by atoms with E-state index in [9.17, 15) is 5.11 Å². The molecule has 4 heteroatoms. The Kier molecular flexibility index (Phi) is 6.16. The summed E-state index contributed by atoms with van der Waals surface area (Å²) in [5.41, 5.74) is 2.56. The Balaban J connectivity index is 1.50. The Morgan fingerprint density at radius 3 is 2.48 bits per heavy atom. The average molecular weight is 342 g/mol. The molecule has 1 aliphatic rings. The van der Waals surface area contributed by atoms with Crippen LogP contribution in [0, 0.1) is 5.92 Å². The average Bonchev–Trinajstić information content (AvgIpc) is 3.16. The Hall–Kier alpha value is -1.78. The van der Waals surface area contributed by atoms with E-state index in [0.717, 1.165) is 50.4 Å². The SMILES string of the molecule is CCc1ccc(C(C)NCc2ccc(N3CCC(CO)CC3)cc2)o1. The second-order valence-corrected chi connectivity index (χ2v) is 7.04. The van der Waals surface area contributed by atoms with E-state index in [1.165, 1.54) is 11.3 Å². The maximum Gasteiger partial charge on any atom is 0.120 e. The van der Waals surface area contributed by atoms with Crippen LogP contribution in [0.1, 0.15) is 49.8 Å². The normalized spacial score (nSPS) is 17.0. The molecule has 1 fully saturated rings. The number of piperidine rings is 1. The van der Waals surface area contributed by atoms with Crippen molar-refractivity contribution < 1.29 is 9.52 Å². The van der Waals surface area contributed by atoms with E-state index in [-0.39, 0.29) is 6.04 Å². The van der Waals surface area contributed by atoms with Gasteiger partial charge in [0.1, 0.15) is 11.5 Å². The number of aryl methyl sites for hydroxylation is 1. The molecule has 2 heterocycles. The van der Waals surface area contributed by atoms with Gasteiger partial charge in [-0.15, -0.1) is 0 Å². The van der Waals surface area contributed by atoms with Crippen molar-refractivity contribution in [3.63, 3.8) is 0 Å². The van der Waals surface area contributed by atoms with Gasteiger partial charge in [0.15, 0.2) is 0 Å². The molecule has 136 valence electrons. The molecule has 0 radical (unpaired) electrons. The van der Waals surface area contributed by atoms with Crippen molar-refractivity contribution in [2.24, 2.45) is 5.92 Å². The van der Waals surface area contributed by atoms with Gasteiger partial charge in [-0.2, -0.15) is 0 Å². The Morgan fingerprint density at radius 2 is 1.88 bits per heavy atom. The maximum atomic E-state index is 9.25. The van der Waals surface area contributed by atoms with Crippen molar-refractivity contribution in [2.75, 3.05) is 24.6 Å². The zero-order valence-electron chi connectivity index (χ0n) is 15.4. The van der Waals surface area contributed by atoms with Crippen molar-refractivity contribution >= 4 is 5.69 Å². The molecule has 0 bridgehead atoms. The summed E-state index contributed by atoms with van der Waals surface area (Å²) in [6, 6.07) is 13.2. The zero-order valence-corrected chi connectivity index (χ0v) is 15.4. The summed E-state index contributed by atoms with van der Waals surface area (Å²) in [6.45, 7) is 7.48. The van der Waals surface area contributed by atoms with Crippen molar-refractivity contribution in [1.29, 1.82) is 0 Å². The van der Waals surface area contributed by atoms with E-state index in [1.54, 1.807) is 0 Å². The van der Waals surface area contributed by atoms with E-state index in [0.29, 0.717) is 12.5 Å². The van der Waals surface area contributed by atoms with Gasteiger partial charge < -0.3 is 19.7 Å². The molecule has 1 aromatic heterocycles. The number of hydrogen-bond donors (Lipinski definition) is 2.